The maximum absolute atomic E-state index is 12.7. The Kier molecular flexibility index (Phi) is 10.7. The van der Waals surface area contributed by atoms with Crippen molar-refractivity contribution in [3.63, 3.8) is 0 Å². The van der Waals surface area contributed by atoms with Crippen LogP contribution in [-0.2, 0) is 9.53 Å². The van der Waals surface area contributed by atoms with Crippen LogP contribution in [0, 0.1) is 5.92 Å². The van der Waals surface area contributed by atoms with Gasteiger partial charge in [-0.1, -0.05) is 13.8 Å². The highest BCUT2D eigenvalue weighted by molar-refractivity contribution is 5.85. The monoisotopic (exact) mass is 369 g/mol. The van der Waals surface area contributed by atoms with Gasteiger partial charge in [-0.3, -0.25) is 9.69 Å². The minimum Gasteiger partial charge on any atom is -0.373 e. The second-order valence-electron chi connectivity index (χ2n) is 6.95. The smallest absolute Gasteiger partial charge is 0.237 e. The molecule has 2 fully saturated rings. The van der Waals surface area contributed by atoms with E-state index in [1.54, 1.807) is 0 Å². The molecule has 2 saturated heterocycles. The van der Waals surface area contributed by atoms with Crippen molar-refractivity contribution in [3.05, 3.63) is 0 Å². The molecule has 0 aromatic heterocycles. The van der Waals surface area contributed by atoms with Crippen molar-refractivity contribution in [3.8, 4) is 0 Å². The highest BCUT2D eigenvalue weighted by Gasteiger charge is 2.34. The molecule has 138 valence electrons. The molecule has 2 heterocycles. The lowest BCUT2D eigenvalue weighted by molar-refractivity contribution is -0.136. The van der Waals surface area contributed by atoms with Crippen LogP contribution < -0.4 is 10.6 Å². The van der Waals surface area contributed by atoms with Crippen LogP contribution in [-0.4, -0.2) is 61.3 Å². The summed E-state index contributed by atoms with van der Waals surface area (Å²) in [5.41, 5.74) is 0. The molecular weight excluding hydrogens is 337 g/mol. The summed E-state index contributed by atoms with van der Waals surface area (Å²) in [5.74, 6) is 0.485. The zero-order chi connectivity index (χ0) is 15.4. The number of morpholine rings is 1. The van der Waals surface area contributed by atoms with E-state index in [0.717, 1.165) is 39.0 Å². The average molecular weight is 370 g/mol. The minimum absolute atomic E-state index is 0. The topological polar surface area (TPSA) is 53.6 Å². The lowest BCUT2D eigenvalue weighted by Crippen LogP contribution is -2.59. The lowest BCUT2D eigenvalue weighted by atomic mass is 9.98. The summed E-state index contributed by atoms with van der Waals surface area (Å²) in [5, 5.41) is 6.60. The van der Waals surface area contributed by atoms with Crippen molar-refractivity contribution in [2.45, 2.75) is 64.8 Å². The van der Waals surface area contributed by atoms with Gasteiger partial charge in [0.1, 0.15) is 0 Å². The molecule has 4 atom stereocenters. The maximum Gasteiger partial charge on any atom is 0.237 e. The van der Waals surface area contributed by atoms with E-state index in [-0.39, 0.29) is 55.0 Å². The Hall–Kier alpha value is -0.0700. The van der Waals surface area contributed by atoms with E-state index in [9.17, 15) is 4.79 Å². The standard InChI is InChI=1S/C16H31N3O2.2ClH/c1-11(2)15(19-9-12(3)21-13(4)10-19)16(20)18-14-6-5-7-17-8-14;;/h11-15,17H,5-10H2,1-4H3,(H,18,20);2*1H/t12?,13?,14-,15?;;/m0../s1. The summed E-state index contributed by atoms with van der Waals surface area (Å²) >= 11 is 0. The van der Waals surface area contributed by atoms with Gasteiger partial charge in [-0.2, -0.15) is 0 Å². The largest absolute Gasteiger partial charge is 0.373 e. The minimum atomic E-state index is -0.0549. The fraction of sp³-hybridized carbons (Fsp3) is 0.938. The summed E-state index contributed by atoms with van der Waals surface area (Å²) in [6.45, 7) is 12.1. The van der Waals surface area contributed by atoms with Crippen LogP contribution in [0.3, 0.4) is 0 Å². The molecule has 0 aromatic carbocycles. The van der Waals surface area contributed by atoms with E-state index >= 15 is 0 Å². The maximum atomic E-state index is 12.7. The molecule has 0 spiro atoms. The third kappa shape index (κ3) is 6.75. The van der Waals surface area contributed by atoms with Gasteiger partial charge >= 0.3 is 0 Å². The molecule has 0 aromatic rings. The predicted molar refractivity (Wildman–Crippen MR) is 98.7 cm³/mol. The third-order valence-corrected chi connectivity index (χ3v) is 4.38. The molecule has 0 saturated carbocycles. The Balaban J connectivity index is 0.00000242. The van der Waals surface area contributed by atoms with Crippen molar-refractivity contribution in [2.24, 2.45) is 5.92 Å². The SMILES string of the molecule is CC1CN(C(C(=O)N[C@H]2CCCNC2)C(C)C)CC(C)O1.Cl.Cl. The van der Waals surface area contributed by atoms with Gasteiger partial charge in [0.2, 0.25) is 5.91 Å². The van der Waals surface area contributed by atoms with Crippen molar-refractivity contribution >= 4 is 30.7 Å². The van der Waals surface area contributed by atoms with Gasteiger partial charge in [-0.05, 0) is 39.2 Å². The Bertz CT molecular complexity index is 342. The highest BCUT2D eigenvalue weighted by Crippen LogP contribution is 2.19. The molecular formula is C16H33Cl2N3O2. The number of carbonyl (C=O) groups is 1. The van der Waals surface area contributed by atoms with Gasteiger partial charge < -0.3 is 15.4 Å². The van der Waals surface area contributed by atoms with E-state index in [1.165, 1.54) is 0 Å². The van der Waals surface area contributed by atoms with E-state index in [4.69, 9.17) is 4.74 Å². The van der Waals surface area contributed by atoms with Crippen LogP contribution in [0.25, 0.3) is 0 Å². The molecule has 2 N–H and O–H groups in total. The Labute approximate surface area is 153 Å². The van der Waals surface area contributed by atoms with E-state index < -0.39 is 0 Å². The highest BCUT2D eigenvalue weighted by atomic mass is 35.5. The Morgan fingerprint density at radius 3 is 2.30 bits per heavy atom. The van der Waals surface area contributed by atoms with E-state index in [2.05, 4.69) is 43.2 Å². The second kappa shape index (κ2) is 10.7. The van der Waals surface area contributed by atoms with Crippen LogP contribution in [0.2, 0.25) is 0 Å². The van der Waals surface area contributed by atoms with Crippen LogP contribution in [0.15, 0.2) is 0 Å². The summed E-state index contributed by atoms with van der Waals surface area (Å²) in [4.78, 5) is 15.0. The molecule has 23 heavy (non-hydrogen) atoms. The van der Waals surface area contributed by atoms with Crippen molar-refractivity contribution < 1.29 is 9.53 Å². The van der Waals surface area contributed by atoms with Gasteiger partial charge in [-0.15, -0.1) is 24.8 Å². The quantitative estimate of drug-likeness (QED) is 0.793. The van der Waals surface area contributed by atoms with E-state index in [1.807, 2.05) is 0 Å². The molecule has 1 amide bonds. The molecule has 0 radical (unpaired) electrons. The molecule has 5 nitrogen and oxygen atoms in total. The normalized spacial score (nSPS) is 30.0. The molecule has 0 aliphatic carbocycles. The van der Waals surface area contributed by atoms with Crippen molar-refractivity contribution in [1.29, 1.82) is 0 Å². The molecule has 2 rings (SSSR count). The fourth-order valence-electron chi connectivity index (χ4n) is 3.60. The molecule has 2 aliphatic heterocycles. The summed E-state index contributed by atoms with van der Waals surface area (Å²) in [7, 11) is 0. The summed E-state index contributed by atoms with van der Waals surface area (Å²) in [6.07, 6.45) is 2.61. The zero-order valence-corrected chi connectivity index (χ0v) is 16.3. The number of amides is 1. The van der Waals surface area contributed by atoms with E-state index in [0.29, 0.717) is 5.92 Å². The molecule has 3 unspecified atom stereocenters. The number of nitrogens with zero attached hydrogens (tertiary/aromatic N) is 1. The first-order valence-corrected chi connectivity index (χ1v) is 8.38. The average Bonchev–Trinajstić information content (AvgIpc) is 2.38. The number of halogens is 2. The lowest BCUT2D eigenvalue weighted by Gasteiger charge is -2.41. The van der Waals surface area contributed by atoms with Crippen LogP contribution in [0.1, 0.15) is 40.5 Å². The summed E-state index contributed by atoms with van der Waals surface area (Å²) in [6, 6.07) is 0.226. The van der Waals surface area contributed by atoms with Gasteiger partial charge in [0.15, 0.2) is 0 Å². The van der Waals surface area contributed by atoms with Gasteiger partial charge in [0, 0.05) is 25.7 Å². The van der Waals surface area contributed by atoms with Crippen molar-refractivity contribution in [2.75, 3.05) is 26.2 Å². The fourth-order valence-corrected chi connectivity index (χ4v) is 3.60. The Morgan fingerprint density at radius 2 is 1.83 bits per heavy atom. The first-order chi connectivity index (χ1) is 9.97. The first kappa shape index (κ1) is 22.9. The number of piperidine rings is 1. The summed E-state index contributed by atoms with van der Waals surface area (Å²) < 4.78 is 5.79. The molecule has 7 heteroatoms. The van der Waals surface area contributed by atoms with Gasteiger partial charge in [0.05, 0.1) is 18.2 Å². The Morgan fingerprint density at radius 1 is 1.22 bits per heavy atom. The van der Waals surface area contributed by atoms with Crippen LogP contribution >= 0.6 is 24.8 Å². The number of nitrogens with one attached hydrogen (secondary N) is 2. The second-order valence-corrected chi connectivity index (χ2v) is 6.95. The first-order valence-electron chi connectivity index (χ1n) is 8.38. The molecule has 0 bridgehead atoms. The van der Waals surface area contributed by atoms with Gasteiger partial charge in [0.25, 0.3) is 0 Å². The van der Waals surface area contributed by atoms with Crippen LogP contribution in [0.5, 0.6) is 0 Å². The van der Waals surface area contributed by atoms with Crippen molar-refractivity contribution in [1.82, 2.24) is 15.5 Å². The number of hydrogen-bond acceptors (Lipinski definition) is 4. The third-order valence-electron chi connectivity index (χ3n) is 4.38. The number of carbonyl (C=O) groups excluding carboxylic acids is 1. The van der Waals surface area contributed by atoms with Crippen LogP contribution in [0.4, 0.5) is 0 Å². The van der Waals surface area contributed by atoms with Gasteiger partial charge in [-0.25, -0.2) is 0 Å². The predicted octanol–water partition coefficient (Wildman–Crippen LogP) is 1.83. The molecule has 2 aliphatic rings. The number of ether oxygens (including phenoxy) is 1. The number of hydrogen-bond donors (Lipinski definition) is 2. The number of rotatable bonds is 4. The zero-order valence-electron chi connectivity index (χ0n) is 14.7.